The molecule has 0 saturated heterocycles. The summed E-state index contributed by atoms with van der Waals surface area (Å²) in [4.78, 5) is 12.7. The van der Waals surface area contributed by atoms with Gasteiger partial charge in [0.15, 0.2) is 0 Å². The Morgan fingerprint density at radius 2 is 1.82 bits per heavy atom. The molecule has 3 rings (SSSR count). The minimum Gasteiger partial charge on any atom is -0.357 e. The van der Waals surface area contributed by atoms with Crippen LogP contribution in [0.4, 0.5) is 21.8 Å². The number of hydrogen-bond donors (Lipinski definition) is 2. The van der Waals surface area contributed by atoms with Crippen molar-refractivity contribution in [1.29, 1.82) is 0 Å². The molecule has 22 heavy (non-hydrogen) atoms. The van der Waals surface area contributed by atoms with E-state index in [2.05, 4.69) is 25.6 Å². The van der Waals surface area contributed by atoms with Crippen molar-refractivity contribution < 1.29 is 4.39 Å². The highest BCUT2D eigenvalue weighted by atomic mass is 19.1. The number of benzene rings is 1. The summed E-state index contributed by atoms with van der Waals surface area (Å²) in [6, 6.07) is 11.8. The van der Waals surface area contributed by atoms with Crippen molar-refractivity contribution in [3.05, 3.63) is 60.7 Å². The van der Waals surface area contributed by atoms with Crippen molar-refractivity contribution >= 4 is 17.5 Å². The second kappa shape index (κ2) is 6.17. The van der Waals surface area contributed by atoms with Crippen LogP contribution in [-0.4, -0.2) is 22.0 Å². The first-order chi connectivity index (χ1) is 10.7. The van der Waals surface area contributed by atoms with Gasteiger partial charge in [-0.3, -0.25) is 4.98 Å². The summed E-state index contributed by atoms with van der Waals surface area (Å²) in [5.74, 6) is 0.757. The minimum absolute atomic E-state index is 0.303. The van der Waals surface area contributed by atoms with Crippen LogP contribution in [0.25, 0.3) is 11.3 Å². The van der Waals surface area contributed by atoms with E-state index >= 15 is 0 Å². The van der Waals surface area contributed by atoms with Crippen LogP contribution in [0.1, 0.15) is 0 Å². The number of nitrogens with one attached hydrogen (secondary N) is 2. The van der Waals surface area contributed by atoms with Gasteiger partial charge in [0.1, 0.15) is 11.6 Å². The normalized spacial score (nSPS) is 10.3. The monoisotopic (exact) mass is 295 g/mol. The van der Waals surface area contributed by atoms with Crippen molar-refractivity contribution in [2.45, 2.75) is 0 Å². The first-order valence-corrected chi connectivity index (χ1v) is 6.74. The van der Waals surface area contributed by atoms with Gasteiger partial charge in [0.25, 0.3) is 0 Å². The molecule has 5 nitrogen and oxygen atoms in total. The number of anilines is 3. The van der Waals surface area contributed by atoms with Crippen LogP contribution >= 0.6 is 0 Å². The molecular weight excluding hydrogens is 281 g/mol. The van der Waals surface area contributed by atoms with Gasteiger partial charge in [-0.1, -0.05) is 6.07 Å². The van der Waals surface area contributed by atoms with Crippen LogP contribution in [0.5, 0.6) is 0 Å². The molecule has 0 radical (unpaired) electrons. The Bertz CT molecular complexity index is 776. The molecule has 0 fully saturated rings. The Hall–Kier alpha value is -3.02. The van der Waals surface area contributed by atoms with E-state index in [-0.39, 0.29) is 5.82 Å². The zero-order valence-corrected chi connectivity index (χ0v) is 11.9. The summed E-state index contributed by atoms with van der Waals surface area (Å²) in [6.45, 7) is 0. The van der Waals surface area contributed by atoms with Gasteiger partial charge in [-0.05, 0) is 30.3 Å². The van der Waals surface area contributed by atoms with Crippen molar-refractivity contribution in [3.8, 4) is 11.3 Å². The molecule has 2 heterocycles. The summed E-state index contributed by atoms with van der Waals surface area (Å²) in [5.41, 5.74) is 2.30. The van der Waals surface area contributed by atoms with Crippen molar-refractivity contribution in [1.82, 2.24) is 15.0 Å². The lowest BCUT2D eigenvalue weighted by atomic mass is 10.2. The predicted molar refractivity (Wildman–Crippen MR) is 84.5 cm³/mol. The van der Waals surface area contributed by atoms with Crippen LogP contribution in [0.3, 0.4) is 0 Å². The van der Waals surface area contributed by atoms with Gasteiger partial charge >= 0.3 is 0 Å². The second-order valence-corrected chi connectivity index (χ2v) is 4.58. The smallest absolute Gasteiger partial charge is 0.224 e. The van der Waals surface area contributed by atoms with Gasteiger partial charge in [0.05, 0.1) is 5.69 Å². The molecule has 0 spiro atoms. The highest BCUT2D eigenvalue weighted by molar-refractivity contribution is 5.67. The molecule has 0 aliphatic heterocycles. The van der Waals surface area contributed by atoms with Crippen LogP contribution < -0.4 is 10.6 Å². The maximum absolute atomic E-state index is 13.3. The molecule has 110 valence electrons. The Morgan fingerprint density at radius 3 is 2.55 bits per heavy atom. The first kappa shape index (κ1) is 13.9. The second-order valence-electron chi connectivity index (χ2n) is 4.58. The summed E-state index contributed by atoms with van der Waals surface area (Å²) in [7, 11) is 1.75. The molecule has 0 saturated carbocycles. The fraction of sp³-hybridized carbons (Fsp3) is 0.0625. The van der Waals surface area contributed by atoms with E-state index in [0.29, 0.717) is 17.5 Å². The van der Waals surface area contributed by atoms with E-state index in [1.54, 1.807) is 37.6 Å². The van der Waals surface area contributed by atoms with E-state index < -0.39 is 0 Å². The van der Waals surface area contributed by atoms with Crippen LogP contribution in [0.2, 0.25) is 0 Å². The minimum atomic E-state index is -0.303. The molecule has 0 unspecified atom stereocenters. The molecule has 0 amide bonds. The zero-order valence-electron chi connectivity index (χ0n) is 11.9. The number of nitrogens with zero attached hydrogens (tertiary/aromatic N) is 3. The largest absolute Gasteiger partial charge is 0.357 e. The fourth-order valence-electron chi connectivity index (χ4n) is 2.01. The lowest BCUT2D eigenvalue weighted by Crippen LogP contribution is -2.02. The number of pyridine rings is 1. The lowest BCUT2D eigenvalue weighted by molar-refractivity contribution is 0.628. The Labute approximate surface area is 127 Å². The van der Waals surface area contributed by atoms with E-state index in [1.807, 2.05) is 12.1 Å². The van der Waals surface area contributed by atoms with E-state index in [9.17, 15) is 4.39 Å². The van der Waals surface area contributed by atoms with E-state index in [0.717, 1.165) is 11.3 Å². The Morgan fingerprint density at radius 1 is 1.00 bits per heavy atom. The first-order valence-electron chi connectivity index (χ1n) is 6.74. The van der Waals surface area contributed by atoms with Gasteiger partial charge in [-0.2, -0.15) is 4.98 Å². The third-order valence-electron chi connectivity index (χ3n) is 3.02. The molecular formula is C16H14FN5. The van der Waals surface area contributed by atoms with Gasteiger partial charge in [0, 0.05) is 36.8 Å². The average Bonchev–Trinajstić information content (AvgIpc) is 2.55. The molecule has 1 aromatic carbocycles. The summed E-state index contributed by atoms with van der Waals surface area (Å²) in [5, 5.41) is 6.01. The van der Waals surface area contributed by atoms with Crippen molar-refractivity contribution in [2.24, 2.45) is 0 Å². The van der Waals surface area contributed by atoms with E-state index in [4.69, 9.17) is 0 Å². The van der Waals surface area contributed by atoms with Crippen LogP contribution in [-0.2, 0) is 0 Å². The van der Waals surface area contributed by atoms with Crippen molar-refractivity contribution in [3.63, 3.8) is 0 Å². The summed E-state index contributed by atoms with van der Waals surface area (Å²) < 4.78 is 13.3. The van der Waals surface area contributed by atoms with Crippen molar-refractivity contribution in [2.75, 3.05) is 17.7 Å². The maximum atomic E-state index is 13.3. The van der Waals surface area contributed by atoms with Gasteiger partial charge in [-0.15, -0.1) is 0 Å². The number of rotatable bonds is 4. The molecule has 0 aliphatic rings. The van der Waals surface area contributed by atoms with Crippen LogP contribution in [0.15, 0.2) is 54.9 Å². The highest BCUT2D eigenvalue weighted by Crippen LogP contribution is 2.23. The summed E-state index contributed by atoms with van der Waals surface area (Å²) in [6.07, 6.45) is 3.41. The third-order valence-corrected chi connectivity index (χ3v) is 3.02. The zero-order chi connectivity index (χ0) is 15.4. The third kappa shape index (κ3) is 3.17. The Kier molecular flexibility index (Phi) is 3.91. The summed E-state index contributed by atoms with van der Waals surface area (Å²) >= 11 is 0. The molecule has 0 aliphatic carbocycles. The number of halogens is 1. The standard InChI is InChI=1S/C16H14FN5/c1-18-16-21-14(11-5-7-19-8-6-11)10-15(22-16)20-13-4-2-3-12(17)9-13/h2-10H,1H3,(H2,18,20,21,22). The maximum Gasteiger partial charge on any atom is 0.224 e. The SMILES string of the molecule is CNc1nc(Nc2cccc(F)c2)cc(-c2ccncc2)n1. The van der Waals surface area contributed by atoms with E-state index in [1.165, 1.54) is 12.1 Å². The Balaban J connectivity index is 1.97. The topological polar surface area (TPSA) is 62.7 Å². The van der Waals surface area contributed by atoms with Gasteiger partial charge in [-0.25, -0.2) is 9.37 Å². The quantitative estimate of drug-likeness (QED) is 0.771. The lowest BCUT2D eigenvalue weighted by Gasteiger charge is -2.10. The molecule has 2 N–H and O–H groups in total. The highest BCUT2D eigenvalue weighted by Gasteiger charge is 2.06. The average molecular weight is 295 g/mol. The van der Waals surface area contributed by atoms with Gasteiger partial charge < -0.3 is 10.6 Å². The molecule has 3 aromatic rings. The number of hydrogen-bond acceptors (Lipinski definition) is 5. The molecule has 0 bridgehead atoms. The predicted octanol–water partition coefficient (Wildman–Crippen LogP) is 3.46. The fourth-order valence-corrected chi connectivity index (χ4v) is 2.01. The van der Waals surface area contributed by atoms with Gasteiger partial charge in [0.2, 0.25) is 5.95 Å². The number of aromatic nitrogens is 3. The molecule has 6 heteroatoms. The molecule has 0 atom stereocenters. The molecule has 2 aromatic heterocycles. The van der Waals surface area contributed by atoms with Crippen LogP contribution in [0, 0.1) is 5.82 Å².